The van der Waals surface area contributed by atoms with E-state index in [2.05, 4.69) is 73.6 Å². The maximum Gasteiger partial charge on any atom is 0.328 e. The lowest BCUT2D eigenvalue weighted by molar-refractivity contribution is 0.524. The second-order valence-corrected chi connectivity index (χ2v) is 9.15. The van der Waals surface area contributed by atoms with Crippen LogP contribution in [0, 0.1) is 0 Å². The zero-order valence-corrected chi connectivity index (χ0v) is 19.2. The van der Waals surface area contributed by atoms with Crippen molar-refractivity contribution in [2.24, 2.45) is 0 Å². The third-order valence-electron chi connectivity index (χ3n) is 5.67. The van der Waals surface area contributed by atoms with Crippen molar-refractivity contribution < 1.29 is 0 Å². The number of aromatic nitrogens is 6. The molecule has 2 aromatic heterocycles. The molecular formula is C25H30N6O. The van der Waals surface area contributed by atoms with Gasteiger partial charge in [-0.1, -0.05) is 76.6 Å². The van der Waals surface area contributed by atoms with E-state index in [1.165, 1.54) is 0 Å². The number of aryl methyl sites for hydroxylation is 1. The Balaban J connectivity index is 1.65. The number of benzene rings is 2. The van der Waals surface area contributed by atoms with Gasteiger partial charge in [-0.2, -0.15) is 4.68 Å². The summed E-state index contributed by atoms with van der Waals surface area (Å²) in [4.78, 5) is 13.1. The molecule has 166 valence electrons. The summed E-state index contributed by atoms with van der Waals surface area (Å²) in [5.74, 6) is 0. The first-order valence-electron chi connectivity index (χ1n) is 11.1. The molecule has 0 bridgehead atoms. The van der Waals surface area contributed by atoms with Crippen molar-refractivity contribution in [1.29, 1.82) is 0 Å². The summed E-state index contributed by atoms with van der Waals surface area (Å²) in [7, 11) is 0. The molecule has 7 heteroatoms. The Morgan fingerprint density at radius 3 is 2.41 bits per heavy atom. The highest BCUT2D eigenvalue weighted by molar-refractivity contribution is 5.72. The molecule has 4 aromatic rings. The van der Waals surface area contributed by atoms with Gasteiger partial charge in [0.15, 0.2) is 0 Å². The van der Waals surface area contributed by atoms with Crippen LogP contribution >= 0.6 is 0 Å². The van der Waals surface area contributed by atoms with Crippen LogP contribution in [0.1, 0.15) is 51.8 Å². The Bertz CT molecular complexity index is 1230. The maximum absolute atomic E-state index is 13.1. The molecule has 2 aromatic carbocycles. The average molecular weight is 431 g/mol. The molecule has 0 atom stereocenters. The minimum absolute atomic E-state index is 0.0662. The number of unbranched alkanes of at least 4 members (excludes halogenated alkanes) is 1. The first-order chi connectivity index (χ1) is 15.4. The molecule has 0 N–H and O–H groups in total. The molecule has 0 aliphatic rings. The van der Waals surface area contributed by atoms with E-state index >= 15 is 0 Å². The predicted molar refractivity (Wildman–Crippen MR) is 126 cm³/mol. The maximum atomic E-state index is 13.1. The lowest BCUT2D eigenvalue weighted by Crippen LogP contribution is -2.28. The van der Waals surface area contributed by atoms with Crippen LogP contribution in [0.2, 0.25) is 0 Å². The Morgan fingerprint density at radius 1 is 1.00 bits per heavy atom. The van der Waals surface area contributed by atoms with Gasteiger partial charge in [0.05, 0.1) is 12.2 Å². The lowest BCUT2D eigenvalue weighted by Gasteiger charge is -2.20. The lowest BCUT2D eigenvalue weighted by atomic mass is 9.92. The number of para-hydroxylation sites is 1. The SMILES string of the molecule is CCCCn1cc(C(C)(C)C)n(Cc2ccc(-c3ccccc3-n3cnnn3)cc2)c1=O. The van der Waals surface area contributed by atoms with E-state index in [0.29, 0.717) is 6.54 Å². The van der Waals surface area contributed by atoms with E-state index in [9.17, 15) is 4.79 Å². The summed E-state index contributed by atoms with van der Waals surface area (Å²) in [6, 6.07) is 16.4. The van der Waals surface area contributed by atoms with Crippen molar-refractivity contribution in [2.75, 3.05) is 0 Å². The molecule has 0 spiro atoms. The first kappa shape index (κ1) is 21.7. The Kier molecular flexibility index (Phi) is 6.08. The monoisotopic (exact) mass is 430 g/mol. The van der Waals surface area contributed by atoms with Gasteiger partial charge in [-0.05, 0) is 34.0 Å². The second-order valence-electron chi connectivity index (χ2n) is 9.15. The van der Waals surface area contributed by atoms with Crippen molar-refractivity contribution in [3.05, 3.63) is 82.8 Å². The molecular weight excluding hydrogens is 400 g/mol. The minimum atomic E-state index is -0.110. The van der Waals surface area contributed by atoms with Gasteiger partial charge in [-0.25, -0.2) is 4.79 Å². The number of rotatable bonds is 7. The number of tetrazole rings is 1. The van der Waals surface area contributed by atoms with E-state index in [1.807, 2.05) is 33.5 Å². The van der Waals surface area contributed by atoms with Crippen molar-refractivity contribution in [3.8, 4) is 16.8 Å². The Morgan fingerprint density at radius 2 is 1.75 bits per heavy atom. The van der Waals surface area contributed by atoms with Gasteiger partial charge >= 0.3 is 5.69 Å². The fraction of sp³-hybridized carbons (Fsp3) is 0.360. The van der Waals surface area contributed by atoms with Crippen LogP contribution in [0.3, 0.4) is 0 Å². The molecule has 32 heavy (non-hydrogen) atoms. The van der Waals surface area contributed by atoms with Crippen LogP contribution in [0.5, 0.6) is 0 Å². The van der Waals surface area contributed by atoms with E-state index in [1.54, 1.807) is 11.0 Å². The standard InChI is InChI=1S/C25H30N6O/c1-5-6-15-29-17-23(25(2,3)4)30(24(29)32)16-19-11-13-20(14-12-19)21-9-7-8-10-22(21)31-18-26-27-28-31/h7-14,17-18H,5-6,15-16H2,1-4H3. The highest BCUT2D eigenvalue weighted by Crippen LogP contribution is 2.27. The highest BCUT2D eigenvalue weighted by atomic mass is 16.1. The number of hydrogen-bond acceptors (Lipinski definition) is 4. The average Bonchev–Trinajstić information content (AvgIpc) is 3.42. The Hall–Kier alpha value is -3.48. The fourth-order valence-electron chi connectivity index (χ4n) is 3.93. The van der Waals surface area contributed by atoms with Gasteiger partial charge in [0.2, 0.25) is 0 Å². The third kappa shape index (κ3) is 4.42. The molecule has 0 saturated heterocycles. The summed E-state index contributed by atoms with van der Waals surface area (Å²) in [6.07, 6.45) is 5.70. The van der Waals surface area contributed by atoms with E-state index in [-0.39, 0.29) is 11.1 Å². The zero-order chi connectivity index (χ0) is 22.7. The van der Waals surface area contributed by atoms with Gasteiger partial charge in [-0.3, -0.25) is 9.13 Å². The normalized spacial score (nSPS) is 11.8. The third-order valence-corrected chi connectivity index (χ3v) is 5.67. The Labute approximate surface area is 188 Å². The van der Waals surface area contributed by atoms with E-state index < -0.39 is 0 Å². The molecule has 2 heterocycles. The summed E-state index contributed by atoms with van der Waals surface area (Å²) in [6.45, 7) is 9.92. The highest BCUT2D eigenvalue weighted by Gasteiger charge is 2.22. The zero-order valence-electron chi connectivity index (χ0n) is 19.2. The quantitative estimate of drug-likeness (QED) is 0.435. The minimum Gasteiger partial charge on any atom is -0.299 e. The first-order valence-corrected chi connectivity index (χ1v) is 11.1. The topological polar surface area (TPSA) is 70.5 Å². The number of imidazole rings is 1. The largest absolute Gasteiger partial charge is 0.328 e. The van der Waals surface area contributed by atoms with Crippen LogP contribution in [0.4, 0.5) is 0 Å². The molecule has 0 amide bonds. The summed E-state index contributed by atoms with van der Waals surface area (Å²) >= 11 is 0. The fourth-order valence-corrected chi connectivity index (χ4v) is 3.93. The summed E-state index contributed by atoms with van der Waals surface area (Å²) < 4.78 is 5.44. The van der Waals surface area contributed by atoms with Crippen molar-refractivity contribution in [1.82, 2.24) is 29.3 Å². The van der Waals surface area contributed by atoms with Crippen LogP contribution in [0.25, 0.3) is 16.8 Å². The van der Waals surface area contributed by atoms with Crippen LogP contribution in [-0.4, -0.2) is 29.3 Å². The van der Waals surface area contributed by atoms with Crippen molar-refractivity contribution in [3.63, 3.8) is 0 Å². The molecule has 0 fully saturated rings. The summed E-state index contributed by atoms with van der Waals surface area (Å²) in [5.41, 5.74) is 5.15. The predicted octanol–water partition coefficient (Wildman–Crippen LogP) is 4.44. The summed E-state index contributed by atoms with van der Waals surface area (Å²) in [5, 5.41) is 11.5. The second kappa shape index (κ2) is 8.94. The van der Waals surface area contributed by atoms with Gasteiger partial charge in [0.1, 0.15) is 6.33 Å². The van der Waals surface area contributed by atoms with Gasteiger partial charge in [-0.15, -0.1) is 5.10 Å². The number of hydrogen-bond donors (Lipinski definition) is 0. The van der Waals surface area contributed by atoms with E-state index in [0.717, 1.165) is 47.5 Å². The molecule has 7 nitrogen and oxygen atoms in total. The van der Waals surface area contributed by atoms with Gasteiger partial charge in [0.25, 0.3) is 0 Å². The van der Waals surface area contributed by atoms with Gasteiger partial charge in [0, 0.05) is 29.4 Å². The van der Waals surface area contributed by atoms with E-state index in [4.69, 9.17) is 0 Å². The van der Waals surface area contributed by atoms with Crippen LogP contribution < -0.4 is 5.69 Å². The number of nitrogens with zero attached hydrogens (tertiary/aromatic N) is 6. The van der Waals surface area contributed by atoms with Gasteiger partial charge < -0.3 is 0 Å². The van der Waals surface area contributed by atoms with Crippen molar-refractivity contribution >= 4 is 0 Å². The molecule has 0 radical (unpaired) electrons. The van der Waals surface area contributed by atoms with Crippen LogP contribution in [0.15, 0.2) is 65.8 Å². The smallest absolute Gasteiger partial charge is 0.299 e. The molecule has 0 aliphatic heterocycles. The molecule has 0 saturated carbocycles. The molecule has 0 unspecified atom stereocenters. The van der Waals surface area contributed by atoms with Crippen molar-refractivity contribution in [2.45, 2.75) is 59.0 Å². The molecule has 4 rings (SSSR count). The molecule has 0 aliphatic carbocycles. The van der Waals surface area contributed by atoms with Crippen LogP contribution in [-0.2, 0) is 18.5 Å².